The summed E-state index contributed by atoms with van der Waals surface area (Å²) in [7, 11) is 1.34. The molecule has 0 bridgehead atoms. The first-order valence-electron chi connectivity index (χ1n) is 6.11. The van der Waals surface area contributed by atoms with E-state index in [1.165, 1.54) is 7.11 Å². The summed E-state index contributed by atoms with van der Waals surface area (Å²) in [6.07, 6.45) is 1.18. The van der Waals surface area contributed by atoms with Gasteiger partial charge in [0.25, 0.3) is 0 Å². The van der Waals surface area contributed by atoms with Crippen molar-refractivity contribution in [2.24, 2.45) is 16.1 Å². The maximum Gasteiger partial charge on any atom is 0.408 e. The zero-order valence-electron chi connectivity index (χ0n) is 11.8. The summed E-state index contributed by atoms with van der Waals surface area (Å²) in [6, 6.07) is 0.168. The Labute approximate surface area is 104 Å². The van der Waals surface area contributed by atoms with Crippen LogP contribution < -0.4 is 5.32 Å². The second-order valence-electron chi connectivity index (χ2n) is 4.96. The monoisotopic (exact) mass is 243 g/mol. The van der Waals surface area contributed by atoms with Crippen LogP contribution in [0.1, 0.15) is 47.5 Å². The molecule has 0 radical (unpaired) electrons. The molecule has 0 aliphatic rings. The Bertz CT molecular complexity index is 266. The number of hydrogen-bond acceptors (Lipinski definition) is 4. The minimum absolute atomic E-state index is 0.168. The summed E-state index contributed by atoms with van der Waals surface area (Å²) in [5, 5.41) is 11.2. The van der Waals surface area contributed by atoms with Gasteiger partial charge in [0.2, 0.25) is 0 Å². The lowest BCUT2D eigenvalue weighted by atomic mass is 10.00. The first-order valence-corrected chi connectivity index (χ1v) is 6.11. The third-order valence-electron chi connectivity index (χ3n) is 2.43. The van der Waals surface area contributed by atoms with E-state index in [4.69, 9.17) is 0 Å². The van der Waals surface area contributed by atoms with E-state index in [1.807, 2.05) is 13.8 Å². The molecule has 17 heavy (non-hydrogen) atoms. The maximum atomic E-state index is 11.3. The van der Waals surface area contributed by atoms with Crippen LogP contribution in [-0.2, 0) is 4.74 Å². The van der Waals surface area contributed by atoms with Crippen LogP contribution in [0.15, 0.2) is 10.2 Å². The lowest BCUT2D eigenvalue weighted by Gasteiger charge is -2.26. The number of methoxy groups -OCH3 is 1. The molecular formula is C12H25N3O2. The van der Waals surface area contributed by atoms with Crippen LogP contribution >= 0.6 is 0 Å². The highest BCUT2D eigenvalue weighted by atomic mass is 16.5. The number of alkyl carbamates (subject to hydrolysis) is 1. The zero-order chi connectivity index (χ0) is 13.5. The van der Waals surface area contributed by atoms with Crippen LogP contribution in [0.3, 0.4) is 0 Å². The van der Waals surface area contributed by atoms with E-state index < -0.39 is 11.8 Å². The molecule has 1 N–H and O–H groups in total. The van der Waals surface area contributed by atoms with Crippen molar-refractivity contribution in [3.63, 3.8) is 0 Å². The van der Waals surface area contributed by atoms with E-state index in [0.717, 1.165) is 12.8 Å². The SMILES string of the molecule is CCC(C)/N=N/C(C)(CC(C)C)NC(=O)OC. The number of carbonyl (C=O) groups excluding carboxylic acids is 1. The molecule has 0 saturated heterocycles. The van der Waals surface area contributed by atoms with Crippen LogP contribution in [0.5, 0.6) is 0 Å². The number of rotatable bonds is 6. The molecule has 0 aromatic rings. The van der Waals surface area contributed by atoms with Crippen molar-refractivity contribution in [2.75, 3.05) is 7.11 Å². The second kappa shape index (κ2) is 7.25. The van der Waals surface area contributed by atoms with Gasteiger partial charge in [-0.15, -0.1) is 0 Å². The molecule has 0 rings (SSSR count). The van der Waals surface area contributed by atoms with Crippen LogP contribution in [0.25, 0.3) is 0 Å². The third kappa shape index (κ3) is 6.92. The van der Waals surface area contributed by atoms with E-state index in [0.29, 0.717) is 5.92 Å². The lowest BCUT2D eigenvalue weighted by Crippen LogP contribution is -2.45. The van der Waals surface area contributed by atoms with Gasteiger partial charge in [0.05, 0.1) is 13.2 Å². The molecule has 1 amide bonds. The number of azo groups is 1. The Kier molecular flexibility index (Phi) is 6.76. The Morgan fingerprint density at radius 3 is 2.41 bits per heavy atom. The topological polar surface area (TPSA) is 63.0 Å². The Hall–Kier alpha value is -1.13. The first kappa shape index (κ1) is 15.9. The van der Waals surface area contributed by atoms with Crippen LogP contribution in [0.2, 0.25) is 0 Å². The largest absolute Gasteiger partial charge is 0.453 e. The molecular weight excluding hydrogens is 218 g/mol. The van der Waals surface area contributed by atoms with Crippen molar-refractivity contribution in [3.8, 4) is 0 Å². The van der Waals surface area contributed by atoms with Crippen molar-refractivity contribution < 1.29 is 9.53 Å². The van der Waals surface area contributed by atoms with Crippen molar-refractivity contribution in [2.45, 2.75) is 59.2 Å². The van der Waals surface area contributed by atoms with E-state index in [9.17, 15) is 4.79 Å². The highest BCUT2D eigenvalue weighted by Crippen LogP contribution is 2.19. The Balaban J connectivity index is 4.71. The van der Waals surface area contributed by atoms with E-state index in [1.54, 1.807) is 0 Å². The standard InChI is InChI=1S/C12H25N3O2/c1-7-10(4)14-15-12(5,8-9(2)3)13-11(16)17-6/h9-10H,7-8H2,1-6H3,(H,13,16)/b15-14+. The molecule has 2 unspecified atom stereocenters. The Morgan fingerprint density at radius 2 is 2.00 bits per heavy atom. The fourth-order valence-electron chi connectivity index (χ4n) is 1.49. The molecule has 0 aliphatic heterocycles. The summed E-state index contributed by atoms with van der Waals surface area (Å²) in [5.41, 5.74) is -0.690. The number of hydrogen-bond donors (Lipinski definition) is 1. The predicted octanol–water partition coefficient (Wildman–Crippen LogP) is 3.36. The summed E-state index contributed by atoms with van der Waals surface area (Å²) < 4.78 is 4.61. The first-order chi connectivity index (χ1) is 7.83. The van der Waals surface area contributed by atoms with Gasteiger partial charge in [-0.25, -0.2) is 4.79 Å². The Morgan fingerprint density at radius 1 is 1.41 bits per heavy atom. The molecule has 0 fully saturated rings. The van der Waals surface area contributed by atoms with Gasteiger partial charge < -0.3 is 4.74 Å². The zero-order valence-corrected chi connectivity index (χ0v) is 11.8. The predicted molar refractivity (Wildman–Crippen MR) is 68.0 cm³/mol. The number of nitrogens with zero attached hydrogens (tertiary/aromatic N) is 2. The fourth-order valence-corrected chi connectivity index (χ4v) is 1.49. The molecule has 5 heteroatoms. The second-order valence-corrected chi connectivity index (χ2v) is 4.96. The van der Waals surface area contributed by atoms with E-state index in [2.05, 4.69) is 41.1 Å². The normalized spacial score (nSPS) is 16.9. The molecule has 0 saturated carbocycles. The van der Waals surface area contributed by atoms with Gasteiger partial charge in [-0.2, -0.15) is 10.2 Å². The number of carbonyl (C=O) groups is 1. The molecule has 0 spiro atoms. The van der Waals surface area contributed by atoms with Gasteiger partial charge in [0, 0.05) is 0 Å². The van der Waals surface area contributed by atoms with Gasteiger partial charge in [0.15, 0.2) is 5.66 Å². The van der Waals surface area contributed by atoms with E-state index >= 15 is 0 Å². The maximum absolute atomic E-state index is 11.3. The van der Waals surface area contributed by atoms with Gasteiger partial charge in [-0.05, 0) is 32.6 Å². The van der Waals surface area contributed by atoms with Gasteiger partial charge >= 0.3 is 6.09 Å². The van der Waals surface area contributed by atoms with Crippen LogP contribution in [0, 0.1) is 5.92 Å². The highest BCUT2D eigenvalue weighted by molar-refractivity contribution is 5.67. The van der Waals surface area contributed by atoms with Crippen LogP contribution in [-0.4, -0.2) is 24.9 Å². The molecule has 0 aromatic heterocycles. The van der Waals surface area contributed by atoms with Crippen molar-refractivity contribution in [1.29, 1.82) is 0 Å². The summed E-state index contributed by atoms with van der Waals surface area (Å²) in [5.74, 6) is 0.410. The van der Waals surface area contributed by atoms with Gasteiger partial charge in [-0.1, -0.05) is 20.8 Å². The van der Waals surface area contributed by atoms with E-state index in [-0.39, 0.29) is 6.04 Å². The third-order valence-corrected chi connectivity index (χ3v) is 2.43. The smallest absolute Gasteiger partial charge is 0.408 e. The van der Waals surface area contributed by atoms with Gasteiger partial charge in [-0.3, -0.25) is 5.32 Å². The highest BCUT2D eigenvalue weighted by Gasteiger charge is 2.27. The minimum Gasteiger partial charge on any atom is -0.453 e. The van der Waals surface area contributed by atoms with Gasteiger partial charge in [0.1, 0.15) is 0 Å². The van der Waals surface area contributed by atoms with Crippen LogP contribution in [0.4, 0.5) is 4.79 Å². The number of nitrogens with one attached hydrogen (secondary N) is 1. The molecule has 0 aliphatic carbocycles. The summed E-state index contributed by atoms with van der Waals surface area (Å²) in [6.45, 7) is 10.1. The number of amides is 1. The minimum atomic E-state index is -0.690. The summed E-state index contributed by atoms with van der Waals surface area (Å²) in [4.78, 5) is 11.3. The molecule has 100 valence electrons. The summed E-state index contributed by atoms with van der Waals surface area (Å²) >= 11 is 0. The quantitative estimate of drug-likeness (QED) is 0.727. The average Bonchev–Trinajstić information content (AvgIpc) is 2.24. The molecule has 5 nitrogen and oxygen atoms in total. The lowest BCUT2D eigenvalue weighted by molar-refractivity contribution is 0.152. The van der Waals surface area contributed by atoms with Crippen molar-refractivity contribution in [1.82, 2.24) is 5.32 Å². The molecule has 2 atom stereocenters. The molecule has 0 aromatic carbocycles. The average molecular weight is 243 g/mol. The van der Waals surface area contributed by atoms with Crippen molar-refractivity contribution in [3.05, 3.63) is 0 Å². The number of ether oxygens (including phenoxy) is 1. The van der Waals surface area contributed by atoms with Crippen molar-refractivity contribution >= 4 is 6.09 Å². The molecule has 0 heterocycles. The fraction of sp³-hybridized carbons (Fsp3) is 0.917.